The fourth-order valence-electron chi connectivity index (χ4n) is 2.56. The number of esters is 1. The third kappa shape index (κ3) is 4.19. The number of amides is 1. The second-order valence-corrected chi connectivity index (χ2v) is 6.54. The van der Waals surface area contributed by atoms with Gasteiger partial charge in [0.05, 0.1) is 12.2 Å². The molecule has 0 fully saturated rings. The first-order valence-electron chi connectivity index (χ1n) is 7.46. The molecule has 1 aromatic rings. The number of carbonyl (C=O) groups excluding carboxylic acids is 2. The number of carboxylic acid groups (broad SMARTS) is 1. The number of thiophene rings is 1. The first-order chi connectivity index (χ1) is 10.9. The number of hydrogen-bond acceptors (Lipinski definition) is 5. The Morgan fingerprint density at radius 1 is 1.39 bits per heavy atom. The fourth-order valence-corrected chi connectivity index (χ4v) is 3.96. The van der Waals surface area contributed by atoms with Crippen LogP contribution < -0.4 is 5.32 Å². The topological polar surface area (TPSA) is 92.7 Å². The van der Waals surface area contributed by atoms with Crippen LogP contribution in [-0.2, 0) is 27.2 Å². The summed E-state index contributed by atoms with van der Waals surface area (Å²) in [5.74, 6) is -1.70. The zero-order valence-electron chi connectivity index (χ0n) is 13.0. The first kappa shape index (κ1) is 17.2. The van der Waals surface area contributed by atoms with Crippen LogP contribution in [0.3, 0.4) is 0 Å². The molecule has 1 amide bonds. The zero-order valence-corrected chi connectivity index (χ0v) is 13.9. The molecule has 1 heterocycles. The third-order valence-corrected chi connectivity index (χ3v) is 4.78. The van der Waals surface area contributed by atoms with Crippen LogP contribution >= 0.6 is 11.3 Å². The summed E-state index contributed by atoms with van der Waals surface area (Å²) in [5.41, 5.74) is 1.36. The van der Waals surface area contributed by atoms with Gasteiger partial charge >= 0.3 is 11.9 Å². The van der Waals surface area contributed by atoms with Crippen molar-refractivity contribution in [1.82, 2.24) is 0 Å². The number of fused-ring (bicyclic) bond motifs is 1. The molecule has 0 bridgehead atoms. The van der Waals surface area contributed by atoms with Crippen molar-refractivity contribution >= 4 is 34.2 Å². The number of ether oxygens (including phenoxy) is 1. The molecule has 1 atom stereocenters. The summed E-state index contributed by atoms with van der Waals surface area (Å²) >= 11 is 1.37. The molecule has 124 valence electrons. The van der Waals surface area contributed by atoms with E-state index in [1.54, 1.807) is 6.92 Å². The Morgan fingerprint density at radius 2 is 2.13 bits per heavy atom. The first-order valence-corrected chi connectivity index (χ1v) is 8.27. The van der Waals surface area contributed by atoms with Crippen molar-refractivity contribution in [2.24, 2.45) is 5.92 Å². The predicted octanol–water partition coefficient (Wildman–Crippen LogP) is 2.63. The standard InChI is InChI=1S/C16H19NO5S/c1-3-22-16(21)14-10-5-4-9(2)8-11(10)23-15(14)17-12(18)6-7-13(19)20/h6-7,9H,3-5,8H2,1-2H3,(H,17,18)(H,19,20)/b7-6+/t9-/m1/s1. The maximum absolute atomic E-state index is 12.2. The summed E-state index contributed by atoms with van der Waals surface area (Å²) in [6, 6.07) is 0. The van der Waals surface area contributed by atoms with E-state index >= 15 is 0 Å². The van der Waals surface area contributed by atoms with Crippen LogP contribution in [0, 0.1) is 5.92 Å². The normalized spacial score (nSPS) is 16.9. The van der Waals surface area contributed by atoms with Crippen LogP contribution in [0.1, 0.15) is 41.1 Å². The molecule has 1 aliphatic rings. The number of nitrogens with one attached hydrogen (secondary N) is 1. The van der Waals surface area contributed by atoms with Gasteiger partial charge in [-0.15, -0.1) is 11.3 Å². The minimum absolute atomic E-state index is 0.256. The van der Waals surface area contributed by atoms with Crippen molar-refractivity contribution in [2.75, 3.05) is 11.9 Å². The SMILES string of the molecule is CCOC(=O)c1c(NC(=O)/C=C/C(=O)O)sc2c1CC[C@@H](C)C2. The number of hydrogen-bond donors (Lipinski definition) is 2. The van der Waals surface area contributed by atoms with E-state index in [2.05, 4.69) is 12.2 Å². The van der Waals surface area contributed by atoms with Crippen LogP contribution in [0.25, 0.3) is 0 Å². The Hall–Kier alpha value is -2.15. The minimum Gasteiger partial charge on any atom is -0.478 e. The lowest BCUT2D eigenvalue weighted by Gasteiger charge is -2.18. The van der Waals surface area contributed by atoms with Gasteiger partial charge in [-0.2, -0.15) is 0 Å². The number of carbonyl (C=O) groups is 3. The molecule has 2 N–H and O–H groups in total. The maximum atomic E-state index is 12.2. The fraction of sp³-hybridized carbons (Fsp3) is 0.438. The van der Waals surface area contributed by atoms with Gasteiger partial charge in [0.25, 0.3) is 0 Å². The molecule has 0 saturated heterocycles. The molecule has 0 aromatic carbocycles. The molecule has 0 saturated carbocycles. The van der Waals surface area contributed by atoms with Gasteiger partial charge in [-0.3, -0.25) is 4.79 Å². The maximum Gasteiger partial charge on any atom is 0.341 e. The Labute approximate surface area is 138 Å². The molecular weight excluding hydrogens is 318 g/mol. The lowest BCUT2D eigenvalue weighted by atomic mass is 9.88. The molecule has 6 nitrogen and oxygen atoms in total. The Balaban J connectivity index is 2.32. The van der Waals surface area contributed by atoms with Crippen molar-refractivity contribution in [3.05, 3.63) is 28.2 Å². The summed E-state index contributed by atoms with van der Waals surface area (Å²) in [6.45, 7) is 4.14. The average Bonchev–Trinajstić information content (AvgIpc) is 2.82. The van der Waals surface area contributed by atoms with Gasteiger partial charge < -0.3 is 15.2 Å². The molecule has 23 heavy (non-hydrogen) atoms. The van der Waals surface area contributed by atoms with E-state index in [4.69, 9.17) is 9.84 Å². The number of rotatable bonds is 5. The Bertz CT molecular complexity index is 662. The van der Waals surface area contributed by atoms with E-state index in [0.29, 0.717) is 16.5 Å². The summed E-state index contributed by atoms with van der Waals surface area (Å²) in [4.78, 5) is 35.6. The number of aliphatic carboxylic acids is 1. The molecule has 0 unspecified atom stereocenters. The summed E-state index contributed by atoms with van der Waals surface area (Å²) in [7, 11) is 0. The van der Waals surface area contributed by atoms with Gasteiger partial charge in [0.2, 0.25) is 5.91 Å². The predicted molar refractivity (Wildman–Crippen MR) is 86.9 cm³/mol. The van der Waals surface area contributed by atoms with Gasteiger partial charge in [0, 0.05) is 17.0 Å². The van der Waals surface area contributed by atoms with Crippen molar-refractivity contribution in [1.29, 1.82) is 0 Å². The molecule has 2 rings (SSSR count). The van der Waals surface area contributed by atoms with Gasteiger partial charge in [-0.1, -0.05) is 6.92 Å². The lowest BCUT2D eigenvalue weighted by molar-refractivity contribution is -0.131. The molecular formula is C16H19NO5S. The van der Waals surface area contributed by atoms with Crippen LogP contribution in [0.2, 0.25) is 0 Å². The van der Waals surface area contributed by atoms with Gasteiger partial charge in [0.1, 0.15) is 5.00 Å². The van der Waals surface area contributed by atoms with Gasteiger partial charge in [0.15, 0.2) is 0 Å². The highest BCUT2D eigenvalue weighted by atomic mass is 32.1. The number of carboxylic acids is 1. The largest absolute Gasteiger partial charge is 0.478 e. The van der Waals surface area contributed by atoms with E-state index in [1.807, 2.05) is 0 Å². The van der Waals surface area contributed by atoms with Crippen LogP contribution in [0.5, 0.6) is 0 Å². The third-order valence-electron chi connectivity index (χ3n) is 3.61. The molecule has 0 radical (unpaired) electrons. The van der Waals surface area contributed by atoms with E-state index in [0.717, 1.165) is 41.9 Å². The monoisotopic (exact) mass is 337 g/mol. The Kier molecular flexibility index (Phi) is 5.54. The molecule has 1 aromatic heterocycles. The second kappa shape index (κ2) is 7.41. The van der Waals surface area contributed by atoms with E-state index in [1.165, 1.54) is 11.3 Å². The van der Waals surface area contributed by atoms with Crippen LogP contribution in [0.15, 0.2) is 12.2 Å². The van der Waals surface area contributed by atoms with E-state index in [9.17, 15) is 14.4 Å². The van der Waals surface area contributed by atoms with Crippen molar-refractivity contribution in [2.45, 2.75) is 33.1 Å². The highest BCUT2D eigenvalue weighted by Crippen LogP contribution is 2.40. The quantitative estimate of drug-likeness (QED) is 0.636. The molecule has 7 heteroatoms. The summed E-state index contributed by atoms with van der Waals surface area (Å²) in [6.07, 6.45) is 4.32. The van der Waals surface area contributed by atoms with Gasteiger partial charge in [-0.05, 0) is 37.7 Å². The summed E-state index contributed by atoms with van der Waals surface area (Å²) in [5, 5.41) is 11.6. The Morgan fingerprint density at radius 3 is 2.78 bits per heavy atom. The van der Waals surface area contributed by atoms with Gasteiger partial charge in [-0.25, -0.2) is 9.59 Å². The zero-order chi connectivity index (χ0) is 17.0. The smallest absolute Gasteiger partial charge is 0.341 e. The minimum atomic E-state index is -1.20. The van der Waals surface area contributed by atoms with E-state index in [-0.39, 0.29) is 6.61 Å². The summed E-state index contributed by atoms with van der Waals surface area (Å²) < 4.78 is 5.10. The van der Waals surface area contributed by atoms with Crippen molar-refractivity contribution in [3.8, 4) is 0 Å². The molecule has 0 aliphatic heterocycles. The lowest BCUT2D eigenvalue weighted by Crippen LogP contribution is -2.15. The molecule has 1 aliphatic carbocycles. The van der Waals surface area contributed by atoms with E-state index < -0.39 is 17.8 Å². The van der Waals surface area contributed by atoms with Crippen LogP contribution in [0.4, 0.5) is 5.00 Å². The van der Waals surface area contributed by atoms with Crippen molar-refractivity contribution < 1.29 is 24.2 Å². The highest BCUT2D eigenvalue weighted by Gasteiger charge is 2.28. The van der Waals surface area contributed by atoms with Crippen molar-refractivity contribution in [3.63, 3.8) is 0 Å². The average molecular weight is 337 g/mol. The highest BCUT2D eigenvalue weighted by molar-refractivity contribution is 7.17. The number of anilines is 1. The second-order valence-electron chi connectivity index (χ2n) is 5.44. The van der Waals surface area contributed by atoms with Crippen LogP contribution in [-0.4, -0.2) is 29.6 Å². The molecule has 0 spiro atoms.